The molecule has 202 valence electrons. The van der Waals surface area contributed by atoms with Gasteiger partial charge in [-0.2, -0.15) is 0 Å². The minimum absolute atomic E-state index is 0.0281. The molecule has 0 radical (unpaired) electrons. The van der Waals surface area contributed by atoms with Crippen LogP contribution in [0.4, 0.5) is 26.7 Å². The van der Waals surface area contributed by atoms with Gasteiger partial charge in [-0.1, -0.05) is 29.7 Å². The molecule has 0 spiro atoms. The zero-order chi connectivity index (χ0) is 27.9. The standard InChI is InChI=1S/C28H32ClN3O6/c1-5-17-37-18-16-31-23-11-7-6-10-22(23)30(24-19-20(29)12-13-21(24)25(31)33)14-8-9-15-32(26(34)35)27(36)38-28(2,3)4/h1,6-7,10-13,19H,8-9,14-18H2,2-4H3,(H,34,35). The van der Waals surface area contributed by atoms with Crippen LogP contribution in [-0.2, 0) is 9.47 Å². The third-order valence-electron chi connectivity index (χ3n) is 5.69. The summed E-state index contributed by atoms with van der Waals surface area (Å²) in [7, 11) is 0. The third kappa shape index (κ3) is 7.18. The van der Waals surface area contributed by atoms with Crippen molar-refractivity contribution in [3.8, 4) is 12.3 Å². The van der Waals surface area contributed by atoms with E-state index in [1.165, 1.54) is 0 Å². The fraction of sp³-hybridized carbons (Fsp3) is 0.393. The molecule has 2 aromatic rings. The SMILES string of the molecule is C#CCOCCN1C(=O)c2ccc(Cl)cc2N(CCCCN(C(=O)O)C(=O)OC(C)(C)C)c2ccccc21. The largest absolute Gasteiger partial charge is 0.465 e. The van der Waals surface area contributed by atoms with Crippen LogP contribution in [-0.4, -0.2) is 66.5 Å². The van der Waals surface area contributed by atoms with Gasteiger partial charge in [0.05, 0.1) is 29.2 Å². The van der Waals surface area contributed by atoms with E-state index in [2.05, 4.69) is 5.92 Å². The molecule has 0 saturated carbocycles. The Bertz CT molecular complexity index is 1220. The number of para-hydroxylation sites is 2. The van der Waals surface area contributed by atoms with Gasteiger partial charge in [0.1, 0.15) is 12.2 Å². The molecule has 1 heterocycles. The lowest BCUT2D eigenvalue weighted by atomic mass is 10.1. The molecule has 10 heteroatoms. The smallest absolute Gasteiger partial charge is 0.419 e. The maximum absolute atomic E-state index is 13.6. The summed E-state index contributed by atoms with van der Waals surface area (Å²) < 4.78 is 10.7. The summed E-state index contributed by atoms with van der Waals surface area (Å²) in [6.07, 6.45) is 3.90. The molecule has 2 aromatic carbocycles. The number of terminal acetylenes is 1. The number of carbonyl (C=O) groups is 3. The van der Waals surface area contributed by atoms with Crippen LogP contribution in [0.1, 0.15) is 44.0 Å². The van der Waals surface area contributed by atoms with Gasteiger partial charge in [0.25, 0.3) is 5.91 Å². The second-order valence-electron chi connectivity index (χ2n) is 9.64. The van der Waals surface area contributed by atoms with E-state index in [1.54, 1.807) is 43.9 Å². The van der Waals surface area contributed by atoms with Crippen molar-refractivity contribution in [1.82, 2.24) is 4.90 Å². The van der Waals surface area contributed by atoms with Crippen molar-refractivity contribution in [1.29, 1.82) is 0 Å². The maximum atomic E-state index is 13.6. The lowest BCUT2D eigenvalue weighted by Crippen LogP contribution is -2.40. The van der Waals surface area contributed by atoms with Gasteiger partial charge in [0.2, 0.25) is 0 Å². The number of unbranched alkanes of at least 4 members (excludes halogenated alkanes) is 1. The van der Waals surface area contributed by atoms with E-state index in [1.807, 2.05) is 29.2 Å². The Balaban J connectivity index is 1.85. The van der Waals surface area contributed by atoms with Crippen molar-refractivity contribution in [2.24, 2.45) is 0 Å². The number of carboxylic acid groups (broad SMARTS) is 1. The van der Waals surface area contributed by atoms with E-state index in [-0.39, 0.29) is 25.7 Å². The van der Waals surface area contributed by atoms with Crippen LogP contribution in [0.15, 0.2) is 42.5 Å². The Labute approximate surface area is 227 Å². The molecule has 38 heavy (non-hydrogen) atoms. The first-order valence-electron chi connectivity index (χ1n) is 12.3. The van der Waals surface area contributed by atoms with Crippen molar-refractivity contribution in [3.05, 3.63) is 53.1 Å². The van der Waals surface area contributed by atoms with Crippen LogP contribution in [0.25, 0.3) is 0 Å². The molecule has 9 nitrogen and oxygen atoms in total. The predicted octanol–water partition coefficient (Wildman–Crippen LogP) is 5.78. The quantitative estimate of drug-likeness (QED) is 0.317. The zero-order valence-electron chi connectivity index (χ0n) is 21.8. The second-order valence-corrected chi connectivity index (χ2v) is 10.1. The number of anilines is 3. The number of ether oxygens (including phenoxy) is 2. The molecule has 0 bridgehead atoms. The molecule has 0 aromatic heterocycles. The first-order valence-corrected chi connectivity index (χ1v) is 12.6. The van der Waals surface area contributed by atoms with Gasteiger partial charge >= 0.3 is 12.2 Å². The minimum atomic E-state index is -1.37. The van der Waals surface area contributed by atoms with Gasteiger partial charge in [-0.3, -0.25) is 4.79 Å². The lowest BCUT2D eigenvalue weighted by molar-refractivity contribution is 0.0267. The van der Waals surface area contributed by atoms with Crippen LogP contribution < -0.4 is 9.80 Å². The molecular weight excluding hydrogens is 510 g/mol. The molecule has 3 amide bonds. The van der Waals surface area contributed by atoms with Gasteiger partial charge in [-0.25, -0.2) is 14.5 Å². The first-order chi connectivity index (χ1) is 18.0. The van der Waals surface area contributed by atoms with Gasteiger partial charge in [-0.05, 0) is 63.9 Å². The normalized spacial score (nSPS) is 12.8. The summed E-state index contributed by atoms with van der Waals surface area (Å²) in [5.74, 6) is 2.22. The summed E-state index contributed by atoms with van der Waals surface area (Å²) in [4.78, 5) is 42.0. The fourth-order valence-corrected chi connectivity index (χ4v) is 4.25. The number of amides is 3. The van der Waals surface area contributed by atoms with Crippen LogP contribution in [0.2, 0.25) is 5.02 Å². The lowest BCUT2D eigenvalue weighted by Gasteiger charge is -2.28. The summed E-state index contributed by atoms with van der Waals surface area (Å²) in [5.41, 5.74) is 1.80. The molecule has 0 fully saturated rings. The van der Waals surface area contributed by atoms with E-state index < -0.39 is 17.8 Å². The van der Waals surface area contributed by atoms with E-state index in [0.717, 1.165) is 5.69 Å². The highest BCUT2D eigenvalue weighted by Gasteiger charge is 2.31. The number of hydrogen-bond donors (Lipinski definition) is 1. The summed E-state index contributed by atoms with van der Waals surface area (Å²) in [6, 6.07) is 12.6. The molecule has 0 unspecified atom stereocenters. The molecule has 1 aliphatic heterocycles. The number of fused-ring (bicyclic) bond motifs is 2. The van der Waals surface area contributed by atoms with Gasteiger partial charge in [-0.15, -0.1) is 6.42 Å². The first kappa shape index (κ1) is 28.8. The topological polar surface area (TPSA) is 99.6 Å². The summed E-state index contributed by atoms with van der Waals surface area (Å²) in [5, 5.41) is 9.99. The highest BCUT2D eigenvalue weighted by atomic mass is 35.5. The monoisotopic (exact) mass is 541 g/mol. The Morgan fingerprint density at radius 3 is 2.37 bits per heavy atom. The summed E-state index contributed by atoms with van der Waals surface area (Å²) in [6.45, 7) is 6.17. The van der Waals surface area contributed by atoms with Gasteiger partial charge in [0, 0.05) is 24.7 Å². The number of imide groups is 1. The molecule has 3 rings (SSSR count). The molecule has 0 aliphatic carbocycles. The van der Waals surface area contributed by atoms with Crippen molar-refractivity contribution in [2.75, 3.05) is 42.6 Å². The summed E-state index contributed by atoms with van der Waals surface area (Å²) >= 11 is 6.34. The number of carbonyl (C=O) groups excluding carboxylic acids is 2. The maximum Gasteiger partial charge on any atom is 0.419 e. The molecule has 1 N–H and O–H groups in total. The average Bonchev–Trinajstić information content (AvgIpc) is 2.93. The predicted molar refractivity (Wildman–Crippen MR) is 146 cm³/mol. The molecule has 0 saturated heterocycles. The average molecular weight is 542 g/mol. The molecular formula is C28H32ClN3O6. The van der Waals surface area contributed by atoms with Crippen LogP contribution in [0.3, 0.4) is 0 Å². The minimum Gasteiger partial charge on any atom is -0.465 e. The van der Waals surface area contributed by atoms with Crippen molar-refractivity contribution in [3.63, 3.8) is 0 Å². The van der Waals surface area contributed by atoms with Gasteiger partial charge in [0.15, 0.2) is 0 Å². The zero-order valence-corrected chi connectivity index (χ0v) is 22.5. The Morgan fingerprint density at radius 2 is 1.74 bits per heavy atom. The number of benzene rings is 2. The number of rotatable bonds is 9. The van der Waals surface area contributed by atoms with E-state index in [9.17, 15) is 19.5 Å². The van der Waals surface area contributed by atoms with Crippen molar-refractivity contribution in [2.45, 2.75) is 39.2 Å². The van der Waals surface area contributed by atoms with Crippen molar-refractivity contribution < 1.29 is 29.0 Å². The molecule has 0 atom stereocenters. The van der Waals surface area contributed by atoms with Gasteiger partial charge < -0.3 is 24.4 Å². The number of hydrogen-bond acceptors (Lipinski definition) is 6. The van der Waals surface area contributed by atoms with E-state index in [0.29, 0.717) is 52.8 Å². The van der Waals surface area contributed by atoms with E-state index >= 15 is 0 Å². The highest BCUT2D eigenvalue weighted by molar-refractivity contribution is 6.31. The fourth-order valence-electron chi connectivity index (χ4n) is 4.09. The highest BCUT2D eigenvalue weighted by Crippen LogP contribution is 2.41. The van der Waals surface area contributed by atoms with E-state index in [4.69, 9.17) is 27.5 Å². The Kier molecular flexibility index (Phi) is 9.61. The molecule has 1 aliphatic rings. The number of nitrogens with zero attached hydrogens (tertiary/aromatic N) is 3. The number of halogens is 1. The second kappa shape index (κ2) is 12.7. The Hall–Kier alpha value is -3.74. The third-order valence-corrected chi connectivity index (χ3v) is 5.93. The van der Waals surface area contributed by atoms with Crippen molar-refractivity contribution >= 4 is 46.8 Å². The van der Waals surface area contributed by atoms with Crippen LogP contribution >= 0.6 is 11.6 Å². The van der Waals surface area contributed by atoms with Crippen LogP contribution in [0, 0.1) is 12.3 Å². The van der Waals surface area contributed by atoms with Crippen LogP contribution in [0.5, 0.6) is 0 Å². The Morgan fingerprint density at radius 1 is 1.05 bits per heavy atom.